The first kappa shape index (κ1) is 15.5. The van der Waals surface area contributed by atoms with E-state index >= 15 is 0 Å². The maximum absolute atomic E-state index is 9.52. The van der Waals surface area contributed by atoms with Crippen molar-refractivity contribution in [2.24, 2.45) is 5.92 Å². The number of hydrogen-bond donors (Lipinski definition) is 2. The molecule has 1 fully saturated rings. The predicted molar refractivity (Wildman–Crippen MR) is 83.1 cm³/mol. The molecule has 0 saturated carbocycles. The third kappa shape index (κ3) is 3.62. The van der Waals surface area contributed by atoms with Crippen LogP contribution < -0.4 is 5.32 Å². The number of pyridine rings is 1. The lowest BCUT2D eigenvalue weighted by atomic mass is 10.0. The fourth-order valence-electron chi connectivity index (χ4n) is 2.72. The summed E-state index contributed by atoms with van der Waals surface area (Å²) in [5.74, 6) is 1.40. The van der Waals surface area contributed by atoms with E-state index in [-0.39, 0.29) is 12.6 Å². The zero-order valence-corrected chi connectivity index (χ0v) is 13.0. The molecule has 0 aromatic carbocycles. The Kier molecular flexibility index (Phi) is 5.64. The number of nitrogens with zero attached hydrogens (tertiary/aromatic N) is 2. The Labute approximate surface area is 126 Å². The average Bonchev–Trinajstić information content (AvgIpc) is 2.80. The van der Waals surface area contributed by atoms with Crippen LogP contribution in [-0.4, -0.2) is 40.7 Å². The minimum atomic E-state index is 0.201. The van der Waals surface area contributed by atoms with E-state index < -0.39 is 0 Å². The van der Waals surface area contributed by atoms with Gasteiger partial charge in [0.15, 0.2) is 0 Å². The summed E-state index contributed by atoms with van der Waals surface area (Å²) in [4.78, 5) is 6.88. The number of hydrogen-bond acceptors (Lipinski definition) is 4. The first-order chi connectivity index (χ1) is 9.65. The number of halogens is 1. The van der Waals surface area contributed by atoms with Gasteiger partial charge in [0.25, 0.3) is 0 Å². The van der Waals surface area contributed by atoms with Crippen LogP contribution in [0.5, 0.6) is 0 Å². The standard InChI is InChI=1S/C15H24ClN3O/c1-3-7-17-15-5-4-12(16)13(18-15)9-19-8-6-11(2)14(19)10-20/h4-5,11,14,20H,3,6-10H2,1-2H3,(H,17,18). The first-order valence-corrected chi connectivity index (χ1v) is 7.77. The smallest absolute Gasteiger partial charge is 0.126 e. The van der Waals surface area contributed by atoms with Crippen molar-refractivity contribution < 1.29 is 5.11 Å². The van der Waals surface area contributed by atoms with Gasteiger partial charge in [-0.1, -0.05) is 25.4 Å². The SMILES string of the molecule is CCCNc1ccc(Cl)c(CN2CCC(C)C2CO)n1. The Hall–Kier alpha value is -0.840. The summed E-state index contributed by atoms with van der Waals surface area (Å²) in [5.41, 5.74) is 0.889. The van der Waals surface area contributed by atoms with E-state index in [1.165, 1.54) is 0 Å². The van der Waals surface area contributed by atoms with Gasteiger partial charge in [0, 0.05) is 19.1 Å². The molecular weight excluding hydrogens is 274 g/mol. The molecule has 0 aliphatic carbocycles. The maximum atomic E-state index is 9.52. The van der Waals surface area contributed by atoms with Crippen LogP contribution in [0.1, 0.15) is 32.4 Å². The highest BCUT2D eigenvalue weighted by atomic mass is 35.5. The van der Waals surface area contributed by atoms with E-state index in [1.54, 1.807) is 0 Å². The molecule has 0 amide bonds. The molecule has 1 aromatic rings. The highest BCUT2D eigenvalue weighted by molar-refractivity contribution is 6.31. The van der Waals surface area contributed by atoms with Crippen molar-refractivity contribution in [1.29, 1.82) is 0 Å². The lowest BCUT2D eigenvalue weighted by molar-refractivity contribution is 0.133. The zero-order chi connectivity index (χ0) is 14.5. The van der Waals surface area contributed by atoms with Crippen LogP contribution in [-0.2, 0) is 6.54 Å². The van der Waals surface area contributed by atoms with Gasteiger partial charge in [0.1, 0.15) is 5.82 Å². The number of likely N-dealkylation sites (tertiary alicyclic amines) is 1. The number of aliphatic hydroxyl groups is 1. The van der Waals surface area contributed by atoms with Crippen LogP contribution in [0.4, 0.5) is 5.82 Å². The second kappa shape index (κ2) is 7.25. The molecule has 2 atom stereocenters. The molecule has 20 heavy (non-hydrogen) atoms. The summed E-state index contributed by atoms with van der Waals surface area (Å²) in [6, 6.07) is 4.03. The maximum Gasteiger partial charge on any atom is 0.126 e. The number of nitrogens with one attached hydrogen (secondary N) is 1. The Balaban J connectivity index is 2.08. The highest BCUT2D eigenvalue weighted by Crippen LogP contribution is 2.27. The largest absolute Gasteiger partial charge is 0.395 e. The topological polar surface area (TPSA) is 48.4 Å². The van der Waals surface area contributed by atoms with E-state index in [0.29, 0.717) is 17.5 Å². The Morgan fingerprint density at radius 2 is 2.30 bits per heavy atom. The molecule has 1 aromatic heterocycles. The fourth-order valence-corrected chi connectivity index (χ4v) is 2.88. The summed E-state index contributed by atoms with van der Waals surface area (Å²) in [6.07, 6.45) is 2.19. The molecule has 4 nitrogen and oxygen atoms in total. The van der Waals surface area contributed by atoms with Gasteiger partial charge in [-0.3, -0.25) is 4.90 Å². The van der Waals surface area contributed by atoms with Crippen LogP contribution in [0.2, 0.25) is 5.02 Å². The van der Waals surface area contributed by atoms with Gasteiger partial charge < -0.3 is 10.4 Å². The van der Waals surface area contributed by atoms with E-state index in [0.717, 1.165) is 37.4 Å². The molecule has 2 N–H and O–H groups in total. The lowest BCUT2D eigenvalue weighted by Crippen LogP contribution is -2.35. The molecule has 112 valence electrons. The molecule has 1 saturated heterocycles. The van der Waals surface area contributed by atoms with Crippen molar-refractivity contribution in [3.63, 3.8) is 0 Å². The summed E-state index contributed by atoms with van der Waals surface area (Å²) >= 11 is 6.26. The number of aliphatic hydroxyl groups excluding tert-OH is 1. The van der Waals surface area contributed by atoms with Crippen LogP contribution in [0, 0.1) is 5.92 Å². The number of aromatic nitrogens is 1. The summed E-state index contributed by atoms with van der Waals surface area (Å²) in [5, 5.41) is 13.5. The third-order valence-corrected chi connectivity index (χ3v) is 4.36. The Morgan fingerprint density at radius 3 is 3.00 bits per heavy atom. The third-order valence-electron chi connectivity index (χ3n) is 4.01. The number of anilines is 1. The molecule has 2 rings (SSSR count). The van der Waals surface area contributed by atoms with E-state index in [2.05, 4.69) is 29.0 Å². The van der Waals surface area contributed by atoms with Gasteiger partial charge in [0.2, 0.25) is 0 Å². The lowest BCUT2D eigenvalue weighted by Gasteiger charge is -2.25. The molecule has 0 radical (unpaired) electrons. The molecule has 0 bridgehead atoms. The Bertz CT molecular complexity index is 441. The normalized spacial score (nSPS) is 23.2. The minimum absolute atomic E-state index is 0.201. The summed E-state index contributed by atoms with van der Waals surface area (Å²) in [7, 11) is 0. The quantitative estimate of drug-likeness (QED) is 0.848. The summed E-state index contributed by atoms with van der Waals surface area (Å²) in [6.45, 7) is 7.13. The van der Waals surface area contributed by atoms with Crippen LogP contribution in [0.3, 0.4) is 0 Å². The van der Waals surface area contributed by atoms with Gasteiger partial charge in [0.05, 0.1) is 17.3 Å². The molecule has 0 spiro atoms. The van der Waals surface area contributed by atoms with Crippen molar-refractivity contribution in [2.75, 3.05) is 25.0 Å². The average molecular weight is 298 g/mol. The van der Waals surface area contributed by atoms with E-state index in [4.69, 9.17) is 11.6 Å². The second-order valence-electron chi connectivity index (χ2n) is 5.54. The van der Waals surface area contributed by atoms with Gasteiger partial charge >= 0.3 is 0 Å². The molecular formula is C15H24ClN3O. The molecule has 1 aliphatic rings. The zero-order valence-electron chi connectivity index (χ0n) is 12.3. The van der Waals surface area contributed by atoms with E-state index in [1.807, 2.05) is 12.1 Å². The van der Waals surface area contributed by atoms with Crippen molar-refractivity contribution in [3.8, 4) is 0 Å². The van der Waals surface area contributed by atoms with Crippen molar-refractivity contribution in [3.05, 3.63) is 22.8 Å². The van der Waals surface area contributed by atoms with Gasteiger partial charge in [-0.05, 0) is 37.4 Å². The summed E-state index contributed by atoms with van der Waals surface area (Å²) < 4.78 is 0. The molecule has 5 heteroatoms. The van der Waals surface area contributed by atoms with Crippen LogP contribution in [0.25, 0.3) is 0 Å². The van der Waals surface area contributed by atoms with Crippen LogP contribution in [0.15, 0.2) is 12.1 Å². The van der Waals surface area contributed by atoms with Crippen molar-refractivity contribution in [1.82, 2.24) is 9.88 Å². The predicted octanol–water partition coefficient (Wildman–Crippen LogP) is 2.76. The highest BCUT2D eigenvalue weighted by Gasteiger charge is 2.30. The monoisotopic (exact) mass is 297 g/mol. The first-order valence-electron chi connectivity index (χ1n) is 7.40. The van der Waals surface area contributed by atoms with Gasteiger partial charge in [-0.25, -0.2) is 4.98 Å². The van der Waals surface area contributed by atoms with Gasteiger partial charge in [-0.2, -0.15) is 0 Å². The molecule has 1 aliphatic heterocycles. The molecule has 2 unspecified atom stereocenters. The van der Waals surface area contributed by atoms with E-state index in [9.17, 15) is 5.11 Å². The van der Waals surface area contributed by atoms with Gasteiger partial charge in [-0.15, -0.1) is 0 Å². The Morgan fingerprint density at radius 1 is 1.50 bits per heavy atom. The van der Waals surface area contributed by atoms with Crippen LogP contribution >= 0.6 is 11.6 Å². The van der Waals surface area contributed by atoms with Crippen molar-refractivity contribution in [2.45, 2.75) is 39.3 Å². The fraction of sp³-hybridized carbons (Fsp3) is 0.667. The second-order valence-corrected chi connectivity index (χ2v) is 5.95. The number of rotatable bonds is 6. The minimum Gasteiger partial charge on any atom is -0.395 e. The van der Waals surface area contributed by atoms with Crippen molar-refractivity contribution >= 4 is 17.4 Å². The molecule has 2 heterocycles.